The van der Waals surface area contributed by atoms with Crippen molar-refractivity contribution in [2.75, 3.05) is 6.54 Å². The third kappa shape index (κ3) is 3.86. The summed E-state index contributed by atoms with van der Waals surface area (Å²) in [6.45, 7) is 4.11. The lowest BCUT2D eigenvalue weighted by Crippen LogP contribution is -2.14. The first-order valence-electron chi connectivity index (χ1n) is 6.27. The van der Waals surface area contributed by atoms with Crippen molar-refractivity contribution in [3.63, 3.8) is 0 Å². The highest BCUT2D eigenvalue weighted by molar-refractivity contribution is 7.99. The Labute approximate surface area is 113 Å². The molecule has 2 nitrogen and oxygen atoms in total. The first kappa shape index (κ1) is 13.1. The van der Waals surface area contributed by atoms with Crippen LogP contribution in [0.5, 0.6) is 0 Å². The van der Waals surface area contributed by atoms with Gasteiger partial charge in [-0.15, -0.1) is 0 Å². The first-order valence-corrected chi connectivity index (χ1v) is 7.09. The molecule has 1 N–H and O–H groups in total. The number of hydrogen-bond donors (Lipinski definition) is 1. The van der Waals surface area contributed by atoms with Gasteiger partial charge in [0.15, 0.2) is 0 Å². The van der Waals surface area contributed by atoms with E-state index in [-0.39, 0.29) is 0 Å². The molecule has 0 bridgehead atoms. The van der Waals surface area contributed by atoms with Crippen LogP contribution in [0.2, 0.25) is 0 Å². The second-order valence-electron chi connectivity index (χ2n) is 4.06. The molecule has 0 spiro atoms. The van der Waals surface area contributed by atoms with E-state index in [0.29, 0.717) is 0 Å². The summed E-state index contributed by atoms with van der Waals surface area (Å²) in [5.74, 6) is 0. The number of benzene rings is 1. The normalized spacial score (nSPS) is 10.5. The Kier molecular flexibility index (Phi) is 5.24. The van der Waals surface area contributed by atoms with Crippen LogP contribution in [-0.2, 0) is 6.54 Å². The Bertz CT molecular complexity index is 471. The summed E-state index contributed by atoms with van der Waals surface area (Å²) in [4.78, 5) is 5.71. The minimum Gasteiger partial charge on any atom is -0.313 e. The molecular weight excluding hydrogens is 240 g/mol. The Hall–Kier alpha value is -1.32. The zero-order chi connectivity index (χ0) is 12.6. The van der Waals surface area contributed by atoms with E-state index in [9.17, 15) is 0 Å². The van der Waals surface area contributed by atoms with Crippen molar-refractivity contribution in [3.8, 4) is 0 Å². The van der Waals surface area contributed by atoms with Crippen LogP contribution in [0.3, 0.4) is 0 Å². The van der Waals surface area contributed by atoms with Gasteiger partial charge in [-0.1, -0.05) is 43.0 Å². The van der Waals surface area contributed by atoms with Crippen molar-refractivity contribution >= 4 is 11.8 Å². The summed E-state index contributed by atoms with van der Waals surface area (Å²) in [7, 11) is 0. The monoisotopic (exact) mass is 258 g/mol. The number of hydrogen-bond acceptors (Lipinski definition) is 3. The van der Waals surface area contributed by atoms with Crippen LogP contribution >= 0.6 is 11.8 Å². The highest BCUT2D eigenvalue weighted by Crippen LogP contribution is 2.28. The molecule has 1 aromatic heterocycles. The molecule has 2 rings (SSSR count). The van der Waals surface area contributed by atoms with Gasteiger partial charge in [0.2, 0.25) is 0 Å². The number of pyridine rings is 1. The number of nitrogens with zero attached hydrogens (tertiary/aromatic N) is 1. The molecule has 1 heterocycles. The zero-order valence-corrected chi connectivity index (χ0v) is 11.4. The number of rotatable bonds is 6. The lowest BCUT2D eigenvalue weighted by Gasteiger charge is -2.08. The maximum Gasteiger partial charge on any atom is 0.105 e. The van der Waals surface area contributed by atoms with Crippen LogP contribution in [0.15, 0.2) is 58.6 Å². The molecule has 0 saturated heterocycles. The molecule has 0 fully saturated rings. The molecule has 0 saturated carbocycles. The van der Waals surface area contributed by atoms with Crippen molar-refractivity contribution < 1.29 is 0 Å². The van der Waals surface area contributed by atoms with Gasteiger partial charge in [-0.25, -0.2) is 4.98 Å². The van der Waals surface area contributed by atoms with Crippen molar-refractivity contribution in [2.45, 2.75) is 29.8 Å². The number of aromatic nitrogens is 1. The van der Waals surface area contributed by atoms with E-state index in [1.165, 1.54) is 10.5 Å². The second-order valence-corrected chi connectivity index (χ2v) is 5.12. The van der Waals surface area contributed by atoms with Crippen molar-refractivity contribution in [2.24, 2.45) is 0 Å². The van der Waals surface area contributed by atoms with Crippen LogP contribution in [0.25, 0.3) is 0 Å². The molecule has 0 unspecified atom stereocenters. The van der Waals surface area contributed by atoms with Gasteiger partial charge in [-0.2, -0.15) is 0 Å². The quantitative estimate of drug-likeness (QED) is 0.799. The molecule has 94 valence electrons. The summed E-state index contributed by atoms with van der Waals surface area (Å²) in [5.41, 5.74) is 1.26. The summed E-state index contributed by atoms with van der Waals surface area (Å²) in [6, 6.07) is 14.5. The van der Waals surface area contributed by atoms with Gasteiger partial charge in [0, 0.05) is 17.6 Å². The smallest absolute Gasteiger partial charge is 0.105 e. The molecule has 0 aliphatic carbocycles. The molecule has 3 heteroatoms. The molecule has 0 amide bonds. The van der Waals surface area contributed by atoms with Crippen molar-refractivity contribution in [3.05, 3.63) is 54.2 Å². The van der Waals surface area contributed by atoms with E-state index < -0.39 is 0 Å². The highest BCUT2D eigenvalue weighted by Gasteiger charge is 2.04. The van der Waals surface area contributed by atoms with Gasteiger partial charge in [-0.3, -0.25) is 0 Å². The summed E-state index contributed by atoms with van der Waals surface area (Å²) < 4.78 is 0. The van der Waals surface area contributed by atoms with Gasteiger partial charge >= 0.3 is 0 Å². The van der Waals surface area contributed by atoms with E-state index in [0.717, 1.165) is 24.5 Å². The molecular formula is C15H18N2S. The Morgan fingerprint density at radius 1 is 1.11 bits per heavy atom. The third-order valence-electron chi connectivity index (χ3n) is 2.55. The fraction of sp³-hybridized carbons (Fsp3) is 0.267. The van der Waals surface area contributed by atoms with Crippen molar-refractivity contribution in [1.82, 2.24) is 10.3 Å². The van der Waals surface area contributed by atoms with E-state index in [1.807, 2.05) is 18.3 Å². The minimum absolute atomic E-state index is 0.886. The van der Waals surface area contributed by atoms with Crippen LogP contribution in [0.4, 0.5) is 0 Å². The van der Waals surface area contributed by atoms with Gasteiger partial charge in [-0.05, 0) is 36.7 Å². The van der Waals surface area contributed by atoms with Gasteiger partial charge in [0.05, 0.1) is 0 Å². The van der Waals surface area contributed by atoms with E-state index in [2.05, 4.69) is 47.6 Å². The summed E-state index contributed by atoms with van der Waals surface area (Å²) in [6.07, 6.45) is 3.01. The Morgan fingerprint density at radius 2 is 1.94 bits per heavy atom. The molecule has 0 aliphatic heterocycles. The van der Waals surface area contributed by atoms with Gasteiger partial charge in [0.25, 0.3) is 0 Å². The largest absolute Gasteiger partial charge is 0.313 e. The van der Waals surface area contributed by atoms with Gasteiger partial charge < -0.3 is 5.32 Å². The van der Waals surface area contributed by atoms with E-state index in [4.69, 9.17) is 0 Å². The standard InChI is InChI=1S/C15H18N2S/c1-2-10-16-12-13-7-6-11-17-15(13)18-14-8-4-3-5-9-14/h3-9,11,16H,2,10,12H2,1H3. The van der Waals surface area contributed by atoms with Crippen LogP contribution < -0.4 is 5.32 Å². The van der Waals surface area contributed by atoms with Crippen LogP contribution in [0.1, 0.15) is 18.9 Å². The van der Waals surface area contributed by atoms with E-state index in [1.54, 1.807) is 11.8 Å². The SMILES string of the molecule is CCCNCc1cccnc1Sc1ccccc1. The molecule has 18 heavy (non-hydrogen) atoms. The van der Waals surface area contributed by atoms with Crippen LogP contribution in [0, 0.1) is 0 Å². The molecule has 2 aromatic rings. The molecule has 0 atom stereocenters. The lowest BCUT2D eigenvalue weighted by atomic mass is 10.3. The minimum atomic E-state index is 0.886. The predicted octanol–water partition coefficient (Wildman–Crippen LogP) is 3.73. The van der Waals surface area contributed by atoms with Crippen LogP contribution in [-0.4, -0.2) is 11.5 Å². The fourth-order valence-electron chi connectivity index (χ4n) is 1.65. The Balaban J connectivity index is 2.07. The molecule has 0 radical (unpaired) electrons. The molecule has 0 aliphatic rings. The summed E-state index contributed by atoms with van der Waals surface area (Å²) >= 11 is 1.72. The maximum absolute atomic E-state index is 4.48. The maximum atomic E-state index is 4.48. The highest BCUT2D eigenvalue weighted by atomic mass is 32.2. The zero-order valence-electron chi connectivity index (χ0n) is 10.6. The topological polar surface area (TPSA) is 24.9 Å². The second kappa shape index (κ2) is 7.19. The average molecular weight is 258 g/mol. The van der Waals surface area contributed by atoms with Crippen molar-refractivity contribution in [1.29, 1.82) is 0 Å². The average Bonchev–Trinajstić information content (AvgIpc) is 2.42. The van der Waals surface area contributed by atoms with E-state index >= 15 is 0 Å². The predicted molar refractivity (Wildman–Crippen MR) is 76.8 cm³/mol. The number of nitrogens with one attached hydrogen (secondary N) is 1. The third-order valence-corrected chi connectivity index (χ3v) is 3.62. The lowest BCUT2D eigenvalue weighted by molar-refractivity contribution is 0.665. The fourth-order valence-corrected chi connectivity index (χ4v) is 2.55. The Morgan fingerprint density at radius 3 is 2.72 bits per heavy atom. The molecule has 1 aromatic carbocycles. The summed E-state index contributed by atoms with van der Waals surface area (Å²) in [5, 5.41) is 4.51. The first-order chi connectivity index (χ1) is 8.90. The van der Waals surface area contributed by atoms with Gasteiger partial charge in [0.1, 0.15) is 5.03 Å².